The van der Waals surface area contributed by atoms with Crippen molar-refractivity contribution in [3.05, 3.63) is 28.2 Å². The van der Waals surface area contributed by atoms with Gasteiger partial charge in [0.15, 0.2) is 0 Å². The maximum Gasteiger partial charge on any atom is 0.299 e. The molecule has 0 radical (unpaired) electrons. The van der Waals surface area contributed by atoms with Crippen LogP contribution in [0.1, 0.15) is 0 Å². The summed E-state index contributed by atoms with van der Waals surface area (Å²) >= 11 is 11.4. The Kier molecular flexibility index (Phi) is 4.82. The van der Waals surface area contributed by atoms with Gasteiger partial charge in [0, 0.05) is 23.1 Å². The van der Waals surface area contributed by atoms with E-state index in [9.17, 15) is 8.42 Å². The van der Waals surface area contributed by atoms with Crippen LogP contribution in [-0.4, -0.2) is 21.5 Å². The first kappa shape index (κ1) is 13.5. The first-order valence-corrected chi connectivity index (χ1v) is 6.60. The molecule has 0 aliphatic carbocycles. The predicted molar refractivity (Wildman–Crippen MR) is 66.1 cm³/mol. The highest BCUT2D eigenvalue weighted by atomic mass is 35.5. The van der Waals surface area contributed by atoms with Crippen LogP contribution in [0.4, 0.5) is 5.69 Å². The molecule has 1 aromatic rings. The summed E-state index contributed by atoms with van der Waals surface area (Å²) in [4.78, 5) is 0. The van der Waals surface area contributed by atoms with Gasteiger partial charge in [0.2, 0.25) is 0 Å². The number of anilines is 1. The molecule has 0 aliphatic heterocycles. The molecule has 0 aromatic heterocycles. The summed E-state index contributed by atoms with van der Waals surface area (Å²) < 4.78 is 27.4. The Balaban J connectivity index is 2.80. The van der Waals surface area contributed by atoms with Gasteiger partial charge in [-0.2, -0.15) is 13.1 Å². The van der Waals surface area contributed by atoms with Gasteiger partial charge < -0.3 is 5.73 Å². The van der Waals surface area contributed by atoms with Crippen LogP contribution in [0.15, 0.2) is 18.2 Å². The molecule has 0 amide bonds. The molecule has 0 atom stereocenters. The molecule has 0 unspecified atom stereocenters. The minimum atomic E-state index is -3.63. The van der Waals surface area contributed by atoms with E-state index < -0.39 is 10.2 Å². The molecule has 16 heavy (non-hydrogen) atoms. The van der Waals surface area contributed by atoms with E-state index in [-0.39, 0.29) is 13.1 Å². The Morgan fingerprint density at radius 1 is 1.19 bits per heavy atom. The van der Waals surface area contributed by atoms with Crippen LogP contribution < -0.4 is 15.2 Å². The average molecular weight is 284 g/mol. The topological polar surface area (TPSA) is 84.2 Å². The van der Waals surface area contributed by atoms with Crippen molar-refractivity contribution in [1.82, 2.24) is 4.72 Å². The molecule has 90 valence electrons. The van der Waals surface area contributed by atoms with E-state index >= 15 is 0 Å². The predicted octanol–water partition coefficient (Wildman–Crippen LogP) is 1.20. The van der Waals surface area contributed by atoms with Gasteiger partial charge in [-0.15, -0.1) is 0 Å². The van der Waals surface area contributed by atoms with E-state index in [0.717, 1.165) is 0 Å². The van der Waals surface area contributed by atoms with Gasteiger partial charge in [-0.3, -0.25) is 4.72 Å². The lowest BCUT2D eigenvalue weighted by atomic mass is 10.3. The van der Waals surface area contributed by atoms with Gasteiger partial charge in [0.05, 0.1) is 5.69 Å². The quantitative estimate of drug-likeness (QED) is 0.759. The molecule has 5 nitrogen and oxygen atoms in total. The number of nitrogens with one attached hydrogen (secondary N) is 2. The largest absolute Gasteiger partial charge is 0.329 e. The first-order chi connectivity index (χ1) is 7.43. The molecule has 4 N–H and O–H groups in total. The zero-order valence-corrected chi connectivity index (χ0v) is 10.5. The number of halogens is 2. The SMILES string of the molecule is NCCNS(=O)(=O)Nc1cc(Cl)cc(Cl)c1. The van der Waals surface area contributed by atoms with Crippen molar-refractivity contribution in [2.75, 3.05) is 17.8 Å². The number of hydrogen-bond acceptors (Lipinski definition) is 3. The van der Waals surface area contributed by atoms with E-state index in [1.165, 1.54) is 18.2 Å². The smallest absolute Gasteiger partial charge is 0.299 e. The summed E-state index contributed by atoms with van der Waals surface area (Å²) in [5, 5.41) is 0.702. The monoisotopic (exact) mass is 283 g/mol. The lowest BCUT2D eigenvalue weighted by molar-refractivity contribution is 0.587. The molecular weight excluding hydrogens is 273 g/mol. The second-order valence-electron chi connectivity index (χ2n) is 2.95. The van der Waals surface area contributed by atoms with Crippen LogP contribution in [0, 0.1) is 0 Å². The molecule has 0 saturated carbocycles. The Labute approximate surface area is 104 Å². The van der Waals surface area contributed by atoms with Crippen molar-refractivity contribution in [2.24, 2.45) is 5.73 Å². The van der Waals surface area contributed by atoms with Gasteiger partial charge in [0.1, 0.15) is 0 Å². The van der Waals surface area contributed by atoms with Crippen molar-refractivity contribution < 1.29 is 8.42 Å². The van der Waals surface area contributed by atoms with Gasteiger partial charge >= 0.3 is 0 Å². The second kappa shape index (κ2) is 5.70. The maximum absolute atomic E-state index is 11.4. The zero-order valence-electron chi connectivity index (χ0n) is 8.20. The molecular formula is C8H11Cl2N3O2S. The molecule has 8 heteroatoms. The van der Waals surface area contributed by atoms with Gasteiger partial charge in [-0.25, -0.2) is 0 Å². The second-order valence-corrected chi connectivity index (χ2v) is 5.32. The van der Waals surface area contributed by atoms with Crippen LogP contribution in [0.3, 0.4) is 0 Å². The van der Waals surface area contributed by atoms with Crippen molar-refractivity contribution in [3.8, 4) is 0 Å². The van der Waals surface area contributed by atoms with E-state index in [4.69, 9.17) is 28.9 Å². The van der Waals surface area contributed by atoms with Crippen molar-refractivity contribution in [1.29, 1.82) is 0 Å². The number of benzene rings is 1. The standard InChI is InChI=1S/C8H11Cl2N3O2S/c9-6-3-7(10)5-8(4-6)13-16(14,15)12-2-1-11/h3-5,12-13H,1-2,11H2. The summed E-state index contributed by atoms with van der Waals surface area (Å²) in [6.07, 6.45) is 0. The van der Waals surface area contributed by atoms with Crippen LogP contribution in [0.2, 0.25) is 10.0 Å². The van der Waals surface area contributed by atoms with Crippen LogP contribution in [0.25, 0.3) is 0 Å². The molecule has 0 bridgehead atoms. The molecule has 0 fully saturated rings. The molecule has 0 aliphatic rings. The average Bonchev–Trinajstić information content (AvgIpc) is 2.12. The molecule has 0 spiro atoms. The third-order valence-electron chi connectivity index (χ3n) is 1.55. The van der Waals surface area contributed by atoms with Crippen molar-refractivity contribution in [2.45, 2.75) is 0 Å². The lowest BCUT2D eigenvalue weighted by Gasteiger charge is -2.09. The Bertz CT molecular complexity index is 444. The van der Waals surface area contributed by atoms with Crippen LogP contribution in [-0.2, 0) is 10.2 Å². The van der Waals surface area contributed by atoms with Crippen molar-refractivity contribution >= 4 is 39.1 Å². The van der Waals surface area contributed by atoms with E-state index in [1.54, 1.807) is 0 Å². The van der Waals surface area contributed by atoms with E-state index in [1.807, 2.05) is 0 Å². The Morgan fingerprint density at radius 2 is 1.75 bits per heavy atom. The molecule has 0 heterocycles. The summed E-state index contributed by atoms with van der Waals surface area (Å²) in [6.45, 7) is 0.376. The normalized spacial score (nSPS) is 11.4. The molecule has 1 aromatic carbocycles. The number of rotatable bonds is 5. The fraction of sp³-hybridized carbons (Fsp3) is 0.250. The number of nitrogens with two attached hydrogens (primary N) is 1. The number of hydrogen-bond donors (Lipinski definition) is 3. The van der Waals surface area contributed by atoms with E-state index in [2.05, 4.69) is 9.44 Å². The van der Waals surface area contributed by atoms with Crippen LogP contribution in [0.5, 0.6) is 0 Å². The van der Waals surface area contributed by atoms with Crippen molar-refractivity contribution in [3.63, 3.8) is 0 Å². The summed E-state index contributed by atoms with van der Waals surface area (Å²) in [5.41, 5.74) is 5.47. The third-order valence-corrected chi connectivity index (χ3v) is 3.08. The van der Waals surface area contributed by atoms with E-state index in [0.29, 0.717) is 15.7 Å². The lowest BCUT2D eigenvalue weighted by Crippen LogP contribution is -2.33. The van der Waals surface area contributed by atoms with Gasteiger partial charge in [-0.1, -0.05) is 23.2 Å². The molecule has 1 rings (SSSR count). The highest BCUT2D eigenvalue weighted by Gasteiger charge is 2.09. The highest BCUT2D eigenvalue weighted by Crippen LogP contribution is 2.22. The van der Waals surface area contributed by atoms with Crippen LogP contribution >= 0.6 is 23.2 Å². The maximum atomic E-state index is 11.4. The molecule has 0 saturated heterocycles. The first-order valence-electron chi connectivity index (χ1n) is 4.36. The fourth-order valence-electron chi connectivity index (χ4n) is 0.997. The summed E-state index contributed by atoms with van der Waals surface area (Å²) in [7, 11) is -3.63. The van der Waals surface area contributed by atoms with Gasteiger partial charge in [-0.05, 0) is 18.2 Å². The van der Waals surface area contributed by atoms with Gasteiger partial charge in [0.25, 0.3) is 10.2 Å². The summed E-state index contributed by atoms with van der Waals surface area (Å²) in [5.74, 6) is 0. The summed E-state index contributed by atoms with van der Waals surface area (Å²) in [6, 6.07) is 4.42. The minimum absolute atomic E-state index is 0.156. The third kappa shape index (κ3) is 4.54. The zero-order chi connectivity index (χ0) is 12.2. The highest BCUT2D eigenvalue weighted by molar-refractivity contribution is 7.90. The Morgan fingerprint density at radius 3 is 2.25 bits per heavy atom. The minimum Gasteiger partial charge on any atom is -0.329 e. The Hall–Kier alpha value is -0.530. The fourth-order valence-corrected chi connectivity index (χ4v) is 2.41.